The van der Waals surface area contributed by atoms with Crippen LogP contribution in [0.2, 0.25) is 5.02 Å². The average molecular weight is 297 g/mol. The number of urea groups is 1. The molecule has 2 N–H and O–H groups in total. The van der Waals surface area contributed by atoms with E-state index in [-0.39, 0.29) is 6.03 Å². The van der Waals surface area contributed by atoms with Gasteiger partial charge in [0.2, 0.25) is 0 Å². The number of hydrogen-bond donors (Lipinski definition) is 2. The van der Waals surface area contributed by atoms with Gasteiger partial charge in [0.25, 0.3) is 0 Å². The number of hydrogen-bond acceptors (Lipinski definition) is 2. The lowest BCUT2D eigenvalue weighted by molar-refractivity contribution is -0.147. The third-order valence-corrected chi connectivity index (χ3v) is 3.96. The lowest BCUT2D eigenvalue weighted by atomic mass is 10.00. The van der Waals surface area contributed by atoms with Crippen LogP contribution in [0.3, 0.4) is 0 Å². The minimum Gasteiger partial charge on any atom is -0.480 e. The van der Waals surface area contributed by atoms with Crippen LogP contribution in [0.15, 0.2) is 24.3 Å². The van der Waals surface area contributed by atoms with Gasteiger partial charge in [-0.1, -0.05) is 23.7 Å². The molecule has 5 nitrogen and oxygen atoms in total. The standard InChI is InChI=1S/C14H17ClN2O3/c1-14(12(18)19)7-2-8-17(14)13(20)16-9-10-3-5-11(15)6-4-10/h3-6H,2,7-9H2,1H3,(H,16,20)(H,18,19). The Morgan fingerprint density at radius 2 is 2.05 bits per heavy atom. The Morgan fingerprint density at radius 3 is 2.65 bits per heavy atom. The molecule has 2 rings (SSSR count). The van der Waals surface area contributed by atoms with Crippen molar-refractivity contribution < 1.29 is 14.7 Å². The molecule has 1 aliphatic heterocycles. The fraction of sp³-hybridized carbons (Fsp3) is 0.429. The molecule has 1 fully saturated rings. The SMILES string of the molecule is CC1(C(=O)O)CCCN1C(=O)NCc1ccc(Cl)cc1. The number of likely N-dealkylation sites (tertiary alicyclic amines) is 1. The fourth-order valence-corrected chi connectivity index (χ4v) is 2.51. The number of carbonyl (C=O) groups is 2. The summed E-state index contributed by atoms with van der Waals surface area (Å²) in [5.74, 6) is -0.961. The molecule has 0 aromatic heterocycles. The van der Waals surface area contributed by atoms with E-state index < -0.39 is 11.5 Å². The van der Waals surface area contributed by atoms with E-state index >= 15 is 0 Å². The fourth-order valence-electron chi connectivity index (χ4n) is 2.39. The van der Waals surface area contributed by atoms with Gasteiger partial charge >= 0.3 is 12.0 Å². The third-order valence-electron chi connectivity index (χ3n) is 3.70. The summed E-state index contributed by atoms with van der Waals surface area (Å²) in [5.41, 5.74) is -0.191. The maximum absolute atomic E-state index is 12.1. The van der Waals surface area contributed by atoms with Crippen molar-refractivity contribution in [3.8, 4) is 0 Å². The molecule has 0 radical (unpaired) electrons. The molecule has 0 spiro atoms. The van der Waals surface area contributed by atoms with Crippen molar-refractivity contribution in [3.63, 3.8) is 0 Å². The number of carbonyl (C=O) groups excluding carboxylic acids is 1. The van der Waals surface area contributed by atoms with Gasteiger partial charge in [0, 0.05) is 18.1 Å². The minimum absolute atomic E-state index is 0.345. The predicted octanol–water partition coefficient (Wildman–Crippen LogP) is 2.49. The first-order chi connectivity index (χ1) is 9.43. The van der Waals surface area contributed by atoms with Gasteiger partial charge in [0.1, 0.15) is 5.54 Å². The molecule has 1 aliphatic rings. The predicted molar refractivity (Wildman–Crippen MR) is 75.7 cm³/mol. The quantitative estimate of drug-likeness (QED) is 0.900. The summed E-state index contributed by atoms with van der Waals surface area (Å²) < 4.78 is 0. The number of carboxylic acid groups (broad SMARTS) is 1. The summed E-state index contributed by atoms with van der Waals surface area (Å²) in [6, 6.07) is 6.80. The number of rotatable bonds is 3. The van der Waals surface area contributed by atoms with Crippen LogP contribution in [0.1, 0.15) is 25.3 Å². The summed E-state index contributed by atoms with van der Waals surface area (Å²) in [5, 5.41) is 12.7. The molecule has 1 aromatic carbocycles. The molecule has 108 valence electrons. The Labute approximate surface area is 122 Å². The van der Waals surface area contributed by atoms with E-state index in [9.17, 15) is 14.7 Å². The highest BCUT2D eigenvalue weighted by Crippen LogP contribution is 2.29. The van der Waals surface area contributed by atoms with Crippen molar-refractivity contribution >= 4 is 23.6 Å². The molecule has 0 aliphatic carbocycles. The molecule has 2 amide bonds. The van der Waals surface area contributed by atoms with Gasteiger partial charge in [0.15, 0.2) is 0 Å². The molecule has 1 atom stereocenters. The van der Waals surface area contributed by atoms with Crippen molar-refractivity contribution in [2.75, 3.05) is 6.54 Å². The van der Waals surface area contributed by atoms with E-state index in [0.29, 0.717) is 31.0 Å². The number of amides is 2. The number of halogens is 1. The third kappa shape index (κ3) is 2.88. The summed E-state index contributed by atoms with van der Waals surface area (Å²) in [7, 11) is 0. The molecule has 1 aromatic rings. The minimum atomic E-state index is -1.11. The van der Waals surface area contributed by atoms with Gasteiger partial charge in [-0.05, 0) is 37.5 Å². The van der Waals surface area contributed by atoms with Crippen LogP contribution in [-0.4, -0.2) is 34.1 Å². The summed E-state index contributed by atoms with van der Waals surface area (Å²) in [6.45, 7) is 2.40. The Kier molecular flexibility index (Phi) is 4.18. The second-order valence-corrected chi connectivity index (χ2v) is 5.56. The molecule has 1 heterocycles. The molecule has 6 heteroatoms. The zero-order chi connectivity index (χ0) is 14.8. The van der Waals surface area contributed by atoms with E-state index in [2.05, 4.69) is 5.32 Å². The smallest absolute Gasteiger partial charge is 0.329 e. The van der Waals surface area contributed by atoms with Crippen molar-refractivity contribution in [2.45, 2.75) is 31.8 Å². The Bertz CT molecular complexity index is 518. The Morgan fingerprint density at radius 1 is 1.40 bits per heavy atom. The van der Waals surface area contributed by atoms with Crippen molar-refractivity contribution in [2.24, 2.45) is 0 Å². The lowest BCUT2D eigenvalue weighted by Gasteiger charge is -2.31. The monoisotopic (exact) mass is 296 g/mol. The zero-order valence-corrected chi connectivity index (χ0v) is 12.0. The normalized spacial score (nSPS) is 21.8. The van der Waals surface area contributed by atoms with Gasteiger partial charge in [0.05, 0.1) is 0 Å². The van der Waals surface area contributed by atoms with Crippen molar-refractivity contribution in [1.82, 2.24) is 10.2 Å². The number of aliphatic carboxylic acids is 1. The van der Waals surface area contributed by atoms with Crippen LogP contribution in [0.4, 0.5) is 4.79 Å². The molecular formula is C14H17ClN2O3. The summed E-state index contributed by atoms with van der Waals surface area (Å²) in [6.07, 6.45) is 1.19. The summed E-state index contributed by atoms with van der Waals surface area (Å²) in [4.78, 5) is 24.8. The second kappa shape index (κ2) is 5.71. The molecule has 0 saturated carbocycles. The highest BCUT2D eigenvalue weighted by Gasteiger charge is 2.45. The van der Waals surface area contributed by atoms with E-state index in [1.54, 1.807) is 19.1 Å². The highest BCUT2D eigenvalue weighted by molar-refractivity contribution is 6.30. The molecule has 0 bridgehead atoms. The first-order valence-electron chi connectivity index (χ1n) is 6.47. The number of benzene rings is 1. The van der Waals surface area contributed by atoms with E-state index in [0.717, 1.165) is 5.56 Å². The van der Waals surface area contributed by atoms with Crippen molar-refractivity contribution in [1.29, 1.82) is 0 Å². The van der Waals surface area contributed by atoms with Crippen molar-refractivity contribution in [3.05, 3.63) is 34.9 Å². The number of nitrogens with zero attached hydrogens (tertiary/aromatic N) is 1. The van der Waals surface area contributed by atoms with Gasteiger partial charge < -0.3 is 15.3 Å². The van der Waals surface area contributed by atoms with Gasteiger partial charge in [-0.15, -0.1) is 0 Å². The largest absolute Gasteiger partial charge is 0.480 e. The van der Waals surface area contributed by atoms with E-state index in [1.807, 2.05) is 12.1 Å². The Balaban J connectivity index is 1.98. The molecule has 20 heavy (non-hydrogen) atoms. The van der Waals surface area contributed by atoms with Gasteiger partial charge in [-0.25, -0.2) is 9.59 Å². The van der Waals surface area contributed by atoms with Crippen LogP contribution in [-0.2, 0) is 11.3 Å². The van der Waals surface area contributed by atoms with Crippen LogP contribution >= 0.6 is 11.6 Å². The van der Waals surface area contributed by atoms with Gasteiger partial charge in [-0.3, -0.25) is 0 Å². The highest BCUT2D eigenvalue weighted by atomic mass is 35.5. The average Bonchev–Trinajstić information content (AvgIpc) is 2.81. The van der Waals surface area contributed by atoms with E-state index in [4.69, 9.17) is 11.6 Å². The number of nitrogens with one attached hydrogen (secondary N) is 1. The molecule has 1 saturated heterocycles. The molecule has 1 unspecified atom stereocenters. The van der Waals surface area contributed by atoms with Crippen LogP contribution in [0.5, 0.6) is 0 Å². The van der Waals surface area contributed by atoms with Gasteiger partial charge in [-0.2, -0.15) is 0 Å². The summed E-state index contributed by atoms with van der Waals surface area (Å²) >= 11 is 5.79. The van der Waals surface area contributed by atoms with Crippen LogP contribution in [0.25, 0.3) is 0 Å². The van der Waals surface area contributed by atoms with Crippen LogP contribution in [0, 0.1) is 0 Å². The first kappa shape index (κ1) is 14.7. The lowest BCUT2D eigenvalue weighted by Crippen LogP contribution is -2.53. The maximum atomic E-state index is 12.1. The zero-order valence-electron chi connectivity index (χ0n) is 11.2. The number of carboxylic acids is 1. The maximum Gasteiger partial charge on any atom is 0.329 e. The van der Waals surface area contributed by atoms with E-state index in [1.165, 1.54) is 4.90 Å². The Hall–Kier alpha value is -1.75. The van der Waals surface area contributed by atoms with Crippen LogP contribution < -0.4 is 5.32 Å². The topological polar surface area (TPSA) is 69.6 Å². The molecular weight excluding hydrogens is 280 g/mol. The second-order valence-electron chi connectivity index (χ2n) is 5.12. The first-order valence-corrected chi connectivity index (χ1v) is 6.84.